The van der Waals surface area contributed by atoms with Crippen molar-refractivity contribution < 1.29 is 24.2 Å². The van der Waals surface area contributed by atoms with Gasteiger partial charge in [-0.15, -0.1) is 11.8 Å². The summed E-state index contributed by atoms with van der Waals surface area (Å²) in [6.45, 7) is 10.7. The van der Waals surface area contributed by atoms with Crippen LogP contribution in [0.4, 0.5) is 0 Å². The van der Waals surface area contributed by atoms with E-state index in [-0.39, 0.29) is 36.4 Å². The second-order valence-corrected chi connectivity index (χ2v) is 13.1. The largest absolute Gasteiger partial charge is 0.465 e. The molecule has 0 aliphatic carbocycles. The highest BCUT2D eigenvalue weighted by Crippen LogP contribution is 2.65. The summed E-state index contributed by atoms with van der Waals surface area (Å²) in [5.74, 6) is -2.17. The Bertz CT molecular complexity index is 935. The van der Waals surface area contributed by atoms with E-state index in [1.54, 1.807) is 16.7 Å². The first kappa shape index (κ1) is 27.2. The summed E-state index contributed by atoms with van der Waals surface area (Å²) in [6.07, 6.45) is 12.7. The van der Waals surface area contributed by atoms with Gasteiger partial charge in [-0.05, 0) is 45.4 Å². The maximum Gasteiger partial charge on any atom is 0.311 e. The van der Waals surface area contributed by atoms with Gasteiger partial charge in [0.15, 0.2) is 0 Å². The maximum absolute atomic E-state index is 14.4. The lowest BCUT2D eigenvalue weighted by atomic mass is 9.74. The molecule has 0 radical (unpaired) electrons. The number of cyclic esters (lactones) is 1. The van der Waals surface area contributed by atoms with E-state index in [1.165, 1.54) is 0 Å². The van der Waals surface area contributed by atoms with E-state index in [0.717, 1.165) is 32.1 Å². The highest BCUT2D eigenvalue weighted by Gasteiger charge is 2.74. The van der Waals surface area contributed by atoms with Crippen LogP contribution in [0.25, 0.3) is 0 Å². The monoisotopic (exact) mass is 518 g/mol. The van der Waals surface area contributed by atoms with Crippen LogP contribution in [0.15, 0.2) is 24.3 Å². The number of hydrogen-bond donors (Lipinski definition) is 1. The second kappa shape index (κ2) is 10.5. The minimum Gasteiger partial charge on any atom is -0.465 e. The average molecular weight is 519 g/mol. The fourth-order valence-electron chi connectivity index (χ4n) is 6.70. The van der Waals surface area contributed by atoms with Crippen LogP contribution in [0.3, 0.4) is 0 Å². The Morgan fingerprint density at radius 2 is 1.86 bits per heavy atom. The van der Waals surface area contributed by atoms with Crippen molar-refractivity contribution in [2.75, 3.05) is 19.8 Å². The number of fused-ring (bicyclic) bond motifs is 2. The molecule has 0 aromatic rings. The molecule has 0 aromatic heterocycles. The topological polar surface area (TPSA) is 87.2 Å². The summed E-state index contributed by atoms with van der Waals surface area (Å²) in [5.41, 5.74) is 0. The molecule has 36 heavy (non-hydrogen) atoms. The summed E-state index contributed by atoms with van der Waals surface area (Å²) in [5, 5.41) is 10.4. The molecule has 8 heteroatoms. The standard InChI is InChI=1S/C28H42N2O5S/c1-6-12-19(4)29-15-11-14-28-21(24(32)30(23(28)25(29)33)20(17-31)18(2)3)22-26(34)35-16-10-8-7-9-13-27(22,5)36-28/h9,11,13-14,18-23,31H,6-8,10,12,15-17H2,1-5H3/b13-9-/t19?,20-,21-,22-,23?,27+,28-/m0/s1. The highest BCUT2D eigenvalue weighted by molar-refractivity contribution is 8.02. The molecule has 4 rings (SSSR count). The van der Waals surface area contributed by atoms with Gasteiger partial charge in [0.2, 0.25) is 11.8 Å². The number of aliphatic hydroxyl groups excluding tert-OH is 1. The molecule has 2 amide bonds. The number of esters is 1. The molecule has 7 atom stereocenters. The fourth-order valence-corrected chi connectivity index (χ4v) is 8.84. The van der Waals surface area contributed by atoms with Crippen LogP contribution >= 0.6 is 11.8 Å². The van der Waals surface area contributed by atoms with Crippen molar-refractivity contribution in [3.05, 3.63) is 24.3 Å². The third kappa shape index (κ3) is 4.32. The van der Waals surface area contributed by atoms with Crippen molar-refractivity contribution in [2.24, 2.45) is 17.8 Å². The number of allylic oxidation sites excluding steroid dienone is 1. The number of nitrogens with zero attached hydrogens (tertiary/aromatic N) is 2. The molecule has 2 unspecified atom stereocenters. The Hall–Kier alpha value is -1.80. The summed E-state index contributed by atoms with van der Waals surface area (Å²) in [6, 6.07) is -1.27. The van der Waals surface area contributed by atoms with Crippen molar-refractivity contribution in [2.45, 2.75) is 94.3 Å². The Kier molecular flexibility index (Phi) is 7.96. The van der Waals surface area contributed by atoms with Gasteiger partial charge in [-0.25, -0.2) is 0 Å². The molecule has 0 saturated carbocycles. The minimum atomic E-state index is -0.909. The highest BCUT2D eigenvalue weighted by atomic mass is 32.2. The minimum absolute atomic E-state index is 0.0254. The van der Waals surface area contributed by atoms with Crippen molar-refractivity contribution in [1.29, 1.82) is 0 Å². The van der Waals surface area contributed by atoms with Gasteiger partial charge in [0.1, 0.15) is 6.04 Å². The second-order valence-electron chi connectivity index (χ2n) is 11.3. The van der Waals surface area contributed by atoms with Crippen LogP contribution in [-0.4, -0.2) is 80.1 Å². The summed E-state index contributed by atoms with van der Waals surface area (Å²) in [7, 11) is 0. The number of amides is 2. The molecule has 0 bridgehead atoms. The third-order valence-electron chi connectivity index (χ3n) is 8.52. The fraction of sp³-hybridized carbons (Fsp3) is 0.750. The first-order valence-electron chi connectivity index (χ1n) is 13.6. The molecule has 2 fully saturated rings. The van der Waals surface area contributed by atoms with Gasteiger partial charge in [-0.3, -0.25) is 14.4 Å². The Balaban J connectivity index is 1.89. The van der Waals surface area contributed by atoms with E-state index in [4.69, 9.17) is 4.74 Å². The lowest BCUT2D eigenvalue weighted by molar-refractivity contribution is -0.155. The number of hydrogen-bond acceptors (Lipinski definition) is 6. The molecule has 1 spiro atoms. The van der Waals surface area contributed by atoms with E-state index in [9.17, 15) is 19.5 Å². The van der Waals surface area contributed by atoms with Crippen LogP contribution < -0.4 is 0 Å². The lowest BCUT2D eigenvalue weighted by Gasteiger charge is -2.42. The van der Waals surface area contributed by atoms with Gasteiger partial charge in [-0.1, -0.05) is 51.5 Å². The zero-order chi connectivity index (χ0) is 26.3. The van der Waals surface area contributed by atoms with Crippen molar-refractivity contribution in [3.63, 3.8) is 0 Å². The summed E-state index contributed by atoms with van der Waals surface area (Å²) < 4.78 is 4.13. The average Bonchev–Trinajstić information content (AvgIpc) is 3.14. The SMILES string of the molecule is CCCC(C)N1CC=C[C@]23S[C@]4(C)/C=C\CCCCOC(=O)[C@@H]4[C@H]2C(=O)N([C@@H](CO)C(C)C)C3C1=O. The number of aliphatic hydroxyl groups is 1. The third-order valence-corrected chi connectivity index (χ3v) is 10.3. The molecule has 7 nitrogen and oxygen atoms in total. The molecule has 1 N–H and O–H groups in total. The van der Waals surface area contributed by atoms with Crippen molar-refractivity contribution in [3.8, 4) is 0 Å². The van der Waals surface area contributed by atoms with Gasteiger partial charge in [-0.2, -0.15) is 0 Å². The number of rotatable bonds is 6. The van der Waals surface area contributed by atoms with Gasteiger partial charge >= 0.3 is 5.97 Å². The Labute approximate surface area is 219 Å². The van der Waals surface area contributed by atoms with E-state index in [0.29, 0.717) is 13.2 Å². The number of carbonyl (C=O) groups excluding carboxylic acids is 3. The molecule has 0 aromatic carbocycles. The maximum atomic E-state index is 14.4. The zero-order valence-electron chi connectivity index (χ0n) is 22.3. The first-order chi connectivity index (χ1) is 17.1. The van der Waals surface area contributed by atoms with Crippen LogP contribution in [0.2, 0.25) is 0 Å². The number of likely N-dealkylation sites (tertiary alicyclic amines) is 1. The predicted octanol–water partition coefficient (Wildman–Crippen LogP) is 3.56. The normalized spacial score (nSPS) is 37.2. The molecule has 4 heterocycles. The molecular weight excluding hydrogens is 476 g/mol. The molecule has 4 aliphatic rings. The Morgan fingerprint density at radius 1 is 1.11 bits per heavy atom. The van der Waals surface area contributed by atoms with E-state index >= 15 is 0 Å². The number of carbonyl (C=O) groups is 3. The van der Waals surface area contributed by atoms with Gasteiger partial charge in [0.05, 0.1) is 35.8 Å². The number of thioether (sulfide) groups is 1. The Morgan fingerprint density at radius 3 is 2.53 bits per heavy atom. The smallest absolute Gasteiger partial charge is 0.311 e. The number of ether oxygens (including phenoxy) is 1. The van der Waals surface area contributed by atoms with E-state index in [1.807, 2.05) is 37.8 Å². The van der Waals surface area contributed by atoms with Crippen molar-refractivity contribution >= 4 is 29.5 Å². The van der Waals surface area contributed by atoms with Gasteiger partial charge < -0.3 is 19.6 Å². The summed E-state index contributed by atoms with van der Waals surface area (Å²) in [4.78, 5) is 45.8. The summed E-state index contributed by atoms with van der Waals surface area (Å²) >= 11 is 1.57. The predicted molar refractivity (Wildman–Crippen MR) is 141 cm³/mol. The molecule has 4 aliphatic heterocycles. The van der Waals surface area contributed by atoms with E-state index in [2.05, 4.69) is 26.0 Å². The van der Waals surface area contributed by atoms with Crippen molar-refractivity contribution in [1.82, 2.24) is 9.80 Å². The van der Waals surface area contributed by atoms with Crippen LogP contribution in [0, 0.1) is 17.8 Å². The zero-order valence-corrected chi connectivity index (χ0v) is 23.1. The first-order valence-corrected chi connectivity index (χ1v) is 14.4. The molecule has 2 saturated heterocycles. The van der Waals surface area contributed by atoms with Crippen LogP contribution in [0.1, 0.15) is 66.7 Å². The lowest BCUT2D eigenvalue weighted by Crippen LogP contribution is -2.59. The van der Waals surface area contributed by atoms with Gasteiger partial charge in [0.25, 0.3) is 0 Å². The molecular formula is C28H42N2O5S. The molecule has 200 valence electrons. The van der Waals surface area contributed by atoms with E-state index < -0.39 is 33.4 Å². The quantitative estimate of drug-likeness (QED) is 0.427. The van der Waals surface area contributed by atoms with Crippen LogP contribution in [-0.2, 0) is 19.1 Å². The van der Waals surface area contributed by atoms with Gasteiger partial charge in [0, 0.05) is 17.3 Å². The van der Waals surface area contributed by atoms with Crippen LogP contribution in [0.5, 0.6) is 0 Å².